The molecule has 17 heavy (non-hydrogen) atoms. The Balaban J connectivity index is 2.53. The van der Waals surface area contributed by atoms with Crippen molar-refractivity contribution in [2.45, 2.75) is 12.5 Å². The van der Waals surface area contributed by atoms with Crippen LogP contribution in [0.15, 0.2) is 27.7 Å². The Kier molecular flexibility index (Phi) is 2.69. The maximum Gasteiger partial charge on any atom is 0.261 e. The molecule has 0 saturated carbocycles. The van der Waals surface area contributed by atoms with Crippen LogP contribution in [0, 0.1) is 5.82 Å². The van der Waals surface area contributed by atoms with Gasteiger partial charge in [0.2, 0.25) is 0 Å². The summed E-state index contributed by atoms with van der Waals surface area (Å²) < 4.78 is 13.5. The number of nitrogens with two attached hydrogens (primary N) is 1. The highest BCUT2D eigenvalue weighted by molar-refractivity contribution is 9.10. The standard InChI is InChI=1S/C11H11BrFN3O/c1-11(9(17)16(2)10(14)15-11)6-3-4-8(13)7(12)5-6/h3-5H,1-2H3,(H2,14,15). The van der Waals surface area contributed by atoms with Gasteiger partial charge in [-0.3, -0.25) is 9.69 Å². The van der Waals surface area contributed by atoms with E-state index in [1.807, 2.05) is 0 Å². The lowest BCUT2D eigenvalue weighted by Crippen LogP contribution is -2.38. The second kappa shape index (κ2) is 3.80. The third kappa shape index (κ3) is 1.72. The Hall–Kier alpha value is -1.43. The number of hydrogen-bond acceptors (Lipinski definition) is 3. The van der Waals surface area contributed by atoms with E-state index < -0.39 is 5.54 Å². The molecule has 2 rings (SSSR count). The molecule has 1 atom stereocenters. The summed E-state index contributed by atoms with van der Waals surface area (Å²) >= 11 is 3.09. The van der Waals surface area contributed by atoms with Gasteiger partial charge in [0.25, 0.3) is 5.91 Å². The van der Waals surface area contributed by atoms with Gasteiger partial charge < -0.3 is 5.73 Å². The van der Waals surface area contributed by atoms with E-state index >= 15 is 0 Å². The fourth-order valence-corrected chi connectivity index (χ4v) is 2.15. The summed E-state index contributed by atoms with van der Waals surface area (Å²) in [7, 11) is 1.56. The van der Waals surface area contributed by atoms with E-state index in [9.17, 15) is 9.18 Å². The number of nitrogens with zero attached hydrogens (tertiary/aromatic N) is 2. The lowest BCUT2D eigenvalue weighted by atomic mass is 9.92. The van der Waals surface area contributed by atoms with Crippen molar-refractivity contribution in [1.29, 1.82) is 0 Å². The fraction of sp³-hybridized carbons (Fsp3) is 0.273. The van der Waals surface area contributed by atoms with Gasteiger partial charge in [-0.15, -0.1) is 0 Å². The van der Waals surface area contributed by atoms with Crippen molar-refractivity contribution in [3.05, 3.63) is 34.1 Å². The van der Waals surface area contributed by atoms with Gasteiger partial charge in [0.1, 0.15) is 5.82 Å². The summed E-state index contributed by atoms with van der Waals surface area (Å²) in [4.78, 5) is 17.5. The highest BCUT2D eigenvalue weighted by Crippen LogP contribution is 2.33. The second-order valence-electron chi connectivity index (χ2n) is 4.04. The normalized spacial score (nSPS) is 24.1. The molecule has 0 radical (unpaired) electrons. The molecule has 0 bridgehead atoms. The van der Waals surface area contributed by atoms with Crippen molar-refractivity contribution in [3.8, 4) is 0 Å². The Morgan fingerprint density at radius 1 is 1.53 bits per heavy atom. The zero-order valence-corrected chi connectivity index (χ0v) is 11.0. The number of rotatable bonds is 1. The van der Waals surface area contributed by atoms with Crippen LogP contribution in [-0.2, 0) is 10.3 Å². The molecule has 0 fully saturated rings. The third-order valence-corrected chi connectivity index (χ3v) is 3.49. The van der Waals surface area contributed by atoms with E-state index in [4.69, 9.17) is 5.73 Å². The number of aliphatic imine (C=N–C) groups is 1. The van der Waals surface area contributed by atoms with Crippen molar-refractivity contribution in [2.75, 3.05) is 7.05 Å². The van der Waals surface area contributed by atoms with Crippen molar-refractivity contribution in [3.63, 3.8) is 0 Å². The highest BCUT2D eigenvalue weighted by Gasteiger charge is 2.43. The number of likely N-dealkylation sites (N-methyl/N-ethyl adjacent to an activating group) is 1. The molecule has 1 heterocycles. The Morgan fingerprint density at radius 2 is 2.18 bits per heavy atom. The summed E-state index contributed by atoms with van der Waals surface area (Å²) in [5, 5.41) is 0. The van der Waals surface area contributed by atoms with Crippen LogP contribution in [0.1, 0.15) is 12.5 Å². The number of carbonyl (C=O) groups excluding carboxylic acids is 1. The van der Waals surface area contributed by atoms with Gasteiger partial charge in [-0.05, 0) is 40.5 Å². The van der Waals surface area contributed by atoms with Crippen LogP contribution in [0.2, 0.25) is 0 Å². The Labute approximate surface area is 106 Å². The maximum atomic E-state index is 13.2. The van der Waals surface area contributed by atoms with E-state index in [1.165, 1.54) is 17.0 Å². The van der Waals surface area contributed by atoms with E-state index in [2.05, 4.69) is 20.9 Å². The zero-order valence-electron chi connectivity index (χ0n) is 9.37. The summed E-state index contributed by atoms with van der Waals surface area (Å²) in [5.74, 6) is -0.445. The minimum Gasteiger partial charge on any atom is -0.369 e. The van der Waals surface area contributed by atoms with Gasteiger partial charge in [-0.1, -0.05) is 6.07 Å². The topological polar surface area (TPSA) is 58.7 Å². The van der Waals surface area contributed by atoms with Crippen molar-refractivity contribution in [1.82, 2.24) is 4.90 Å². The zero-order chi connectivity index (χ0) is 12.8. The molecule has 1 aromatic rings. The summed E-state index contributed by atoms with van der Waals surface area (Å²) in [6.45, 7) is 1.66. The molecular formula is C11H11BrFN3O. The van der Waals surface area contributed by atoms with Crippen LogP contribution >= 0.6 is 15.9 Å². The van der Waals surface area contributed by atoms with Crippen molar-refractivity contribution >= 4 is 27.8 Å². The summed E-state index contributed by atoms with van der Waals surface area (Å²) in [6, 6.07) is 4.37. The summed E-state index contributed by atoms with van der Waals surface area (Å²) in [5.41, 5.74) is 5.14. The minimum atomic E-state index is -1.07. The first kappa shape index (κ1) is 12.0. The molecule has 0 aromatic heterocycles. The average Bonchev–Trinajstić information content (AvgIpc) is 2.48. The average molecular weight is 300 g/mol. The number of benzene rings is 1. The molecule has 0 spiro atoms. The number of amides is 1. The van der Waals surface area contributed by atoms with Crippen LogP contribution in [0.3, 0.4) is 0 Å². The number of guanidine groups is 1. The highest BCUT2D eigenvalue weighted by atomic mass is 79.9. The van der Waals surface area contributed by atoms with Crippen molar-refractivity contribution < 1.29 is 9.18 Å². The molecule has 4 nitrogen and oxygen atoms in total. The van der Waals surface area contributed by atoms with Crippen LogP contribution in [0.5, 0.6) is 0 Å². The first-order valence-electron chi connectivity index (χ1n) is 4.95. The maximum absolute atomic E-state index is 13.2. The van der Waals surface area contributed by atoms with Gasteiger partial charge in [0.05, 0.1) is 4.47 Å². The first-order valence-corrected chi connectivity index (χ1v) is 5.74. The molecule has 6 heteroatoms. The molecule has 1 aromatic carbocycles. The quantitative estimate of drug-likeness (QED) is 0.856. The smallest absolute Gasteiger partial charge is 0.261 e. The summed E-state index contributed by atoms with van der Waals surface area (Å²) in [6.07, 6.45) is 0. The molecule has 1 amide bonds. The van der Waals surface area contributed by atoms with Gasteiger partial charge >= 0.3 is 0 Å². The first-order chi connectivity index (χ1) is 7.86. The molecule has 1 aliphatic rings. The SMILES string of the molecule is CN1C(=O)C(C)(c2ccc(F)c(Br)c2)N=C1N. The molecule has 0 aliphatic carbocycles. The largest absolute Gasteiger partial charge is 0.369 e. The fourth-order valence-electron chi connectivity index (χ4n) is 1.77. The molecule has 0 saturated heterocycles. The molecule has 1 aliphatic heterocycles. The second-order valence-corrected chi connectivity index (χ2v) is 4.89. The third-order valence-electron chi connectivity index (χ3n) is 2.88. The molecule has 90 valence electrons. The van der Waals surface area contributed by atoms with Crippen molar-refractivity contribution in [2.24, 2.45) is 10.7 Å². The number of halogens is 2. The number of hydrogen-bond donors (Lipinski definition) is 1. The minimum absolute atomic E-state index is 0.165. The predicted octanol–water partition coefficient (Wildman–Crippen LogP) is 1.59. The Morgan fingerprint density at radius 3 is 2.65 bits per heavy atom. The Bertz CT molecular complexity index is 531. The van der Waals surface area contributed by atoms with E-state index in [0.717, 1.165) is 0 Å². The van der Waals surface area contributed by atoms with Gasteiger partial charge in [0, 0.05) is 7.05 Å². The molecular weight excluding hydrogens is 289 g/mol. The molecule has 2 N–H and O–H groups in total. The predicted molar refractivity (Wildman–Crippen MR) is 65.8 cm³/mol. The van der Waals surface area contributed by atoms with Crippen LogP contribution < -0.4 is 5.73 Å². The lowest BCUT2D eigenvalue weighted by Gasteiger charge is -2.20. The van der Waals surface area contributed by atoms with E-state index in [0.29, 0.717) is 10.0 Å². The van der Waals surface area contributed by atoms with Crippen LogP contribution in [0.25, 0.3) is 0 Å². The van der Waals surface area contributed by atoms with Gasteiger partial charge in [0.15, 0.2) is 11.5 Å². The van der Waals surface area contributed by atoms with Gasteiger partial charge in [-0.2, -0.15) is 0 Å². The molecule has 1 unspecified atom stereocenters. The lowest BCUT2D eigenvalue weighted by molar-refractivity contribution is -0.130. The number of carbonyl (C=O) groups is 1. The van der Waals surface area contributed by atoms with Crippen LogP contribution in [-0.4, -0.2) is 23.8 Å². The van der Waals surface area contributed by atoms with E-state index in [1.54, 1.807) is 20.0 Å². The van der Waals surface area contributed by atoms with Crippen LogP contribution in [0.4, 0.5) is 4.39 Å². The van der Waals surface area contributed by atoms with Gasteiger partial charge in [-0.25, -0.2) is 9.38 Å². The van der Waals surface area contributed by atoms with E-state index in [-0.39, 0.29) is 17.7 Å². The monoisotopic (exact) mass is 299 g/mol.